The van der Waals surface area contributed by atoms with Crippen molar-refractivity contribution in [1.29, 1.82) is 0 Å². The van der Waals surface area contributed by atoms with Gasteiger partial charge in [0.05, 0.1) is 23.3 Å². The smallest absolute Gasteiger partial charge is 0.299 e. The van der Waals surface area contributed by atoms with Gasteiger partial charge in [-0.2, -0.15) is 0 Å². The highest BCUT2D eigenvalue weighted by Crippen LogP contribution is 2.25. The van der Waals surface area contributed by atoms with Crippen LogP contribution in [-0.4, -0.2) is 20.6 Å². The molecule has 0 atom stereocenters. The van der Waals surface area contributed by atoms with Gasteiger partial charge in [0.15, 0.2) is 0 Å². The van der Waals surface area contributed by atoms with E-state index in [4.69, 9.17) is 4.74 Å². The van der Waals surface area contributed by atoms with Crippen LogP contribution in [0.1, 0.15) is 12.5 Å². The van der Waals surface area contributed by atoms with Gasteiger partial charge in [0, 0.05) is 24.0 Å². The van der Waals surface area contributed by atoms with Crippen molar-refractivity contribution < 1.29 is 9.13 Å². The first-order valence-electron chi connectivity index (χ1n) is 8.02. The molecule has 0 unspecified atom stereocenters. The molecule has 0 bridgehead atoms. The van der Waals surface area contributed by atoms with E-state index in [0.717, 1.165) is 5.52 Å². The lowest BCUT2D eigenvalue weighted by atomic mass is 10.1. The van der Waals surface area contributed by atoms with E-state index in [1.54, 1.807) is 41.9 Å². The fraction of sp³-hybridized carbons (Fsp3) is 0.158. The molecule has 0 radical (unpaired) electrons. The molecule has 25 heavy (non-hydrogen) atoms. The summed E-state index contributed by atoms with van der Waals surface area (Å²) in [6, 6.07) is 10.2. The van der Waals surface area contributed by atoms with Gasteiger partial charge in [-0.3, -0.25) is 13.8 Å². The van der Waals surface area contributed by atoms with Crippen molar-refractivity contribution in [2.24, 2.45) is 0 Å². The zero-order valence-corrected chi connectivity index (χ0v) is 13.9. The van der Waals surface area contributed by atoms with Crippen molar-refractivity contribution in [2.75, 3.05) is 6.61 Å². The number of hydrogen-bond donors (Lipinski definition) is 0. The van der Waals surface area contributed by atoms with Crippen LogP contribution >= 0.6 is 0 Å². The third-order valence-electron chi connectivity index (χ3n) is 4.27. The number of imidazole rings is 1. The summed E-state index contributed by atoms with van der Waals surface area (Å²) in [5, 5.41) is 0. The van der Waals surface area contributed by atoms with E-state index in [9.17, 15) is 9.18 Å². The van der Waals surface area contributed by atoms with Crippen LogP contribution in [0, 0.1) is 12.7 Å². The van der Waals surface area contributed by atoms with Gasteiger partial charge < -0.3 is 4.74 Å². The van der Waals surface area contributed by atoms with E-state index < -0.39 is 0 Å². The number of aromatic nitrogens is 3. The maximum atomic E-state index is 14.1. The van der Waals surface area contributed by atoms with Crippen LogP contribution in [0.2, 0.25) is 0 Å². The van der Waals surface area contributed by atoms with Gasteiger partial charge in [0.2, 0.25) is 5.65 Å². The number of ether oxygens (including phenoxy) is 1. The number of hydrogen-bond acceptors (Lipinski definition) is 3. The summed E-state index contributed by atoms with van der Waals surface area (Å²) < 4.78 is 22.9. The number of rotatable bonds is 3. The first-order chi connectivity index (χ1) is 12.1. The number of benzene rings is 2. The quantitative estimate of drug-likeness (QED) is 0.575. The Balaban J connectivity index is 2.19. The zero-order chi connectivity index (χ0) is 17.6. The molecule has 0 aliphatic carbocycles. The van der Waals surface area contributed by atoms with Crippen molar-refractivity contribution >= 4 is 16.7 Å². The molecule has 0 amide bonds. The highest BCUT2D eigenvalue weighted by molar-refractivity contribution is 5.81. The molecule has 2 aromatic carbocycles. The van der Waals surface area contributed by atoms with Crippen LogP contribution in [0.3, 0.4) is 0 Å². The van der Waals surface area contributed by atoms with Crippen LogP contribution in [0.4, 0.5) is 4.39 Å². The largest absolute Gasteiger partial charge is 0.494 e. The molecule has 0 N–H and O–H groups in total. The Morgan fingerprint density at radius 2 is 2.04 bits per heavy atom. The van der Waals surface area contributed by atoms with E-state index in [-0.39, 0.29) is 11.4 Å². The van der Waals surface area contributed by atoms with Crippen LogP contribution in [0.25, 0.3) is 22.4 Å². The maximum absolute atomic E-state index is 14.1. The Kier molecular flexibility index (Phi) is 3.53. The maximum Gasteiger partial charge on any atom is 0.299 e. The summed E-state index contributed by atoms with van der Waals surface area (Å²) in [5.41, 5.74) is 2.31. The molecule has 126 valence electrons. The lowest BCUT2D eigenvalue weighted by Gasteiger charge is -2.15. The average molecular weight is 337 g/mol. The predicted molar refractivity (Wildman–Crippen MR) is 94.2 cm³/mol. The summed E-state index contributed by atoms with van der Waals surface area (Å²) in [6.45, 7) is 4.07. The zero-order valence-electron chi connectivity index (χ0n) is 13.9. The van der Waals surface area contributed by atoms with Crippen LogP contribution in [-0.2, 0) is 0 Å². The van der Waals surface area contributed by atoms with Crippen molar-refractivity contribution in [2.45, 2.75) is 13.8 Å². The highest BCUT2D eigenvalue weighted by Gasteiger charge is 2.16. The fourth-order valence-corrected chi connectivity index (χ4v) is 3.09. The van der Waals surface area contributed by atoms with E-state index in [1.807, 2.05) is 19.1 Å². The summed E-state index contributed by atoms with van der Waals surface area (Å²) >= 11 is 0. The van der Waals surface area contributed by atoms with E-state index >= 15 is 0 Å². The average Bonchev–Trinajstić information content (AvgIpc) is 3.09. The molecule has 5 nitrogen and oxygen atoms in total. The summed E-state index contributed by atoms with van der Waals surface area (Å²) in [7, 11) is 0. The van der Waals surface area contributed by atoms with Crippen molar-refractivity contribution in [1.82, 2.24) is 14.0 Å². The molecule has 4 rings (SSSR count). The second-order valence-corrected chi connectivity index (χ2v) is 5.73. The van der Waals surface area contributed by atoms with E-state index in [2.05, 4.69) is 4.98 Å². The number of halogens is 1. The Hall–Kier alpha value is -3.15. The Morgan fingerprint density at radius 1 is 1.20 bits per heavy atom. The molecule has 2 heterocycles. The van der Waals surface area contributed by atoms with Gasteiger partial charge in [-0.05, 0) is 38.1 Å². The van der Waals surface area contributed by atoms with Gasteiger partial charge in [-0.1, -0.05) is 6.07 Å². The van der Waals surface area contributed by atoms with Crippen LogP contribution in [0.5, 0.6) is 5.75 Å². The second-order valence-electron chi connectivity index (χ2n) is 5.73. The molecule has 0 saturated heterocycles. The van der Waals surface area contributed by atoms with E-state index in [0.29, 0.717) is 34.8 Å². The first-order valence-corrected chi connectivity index (χ1v) is 8.02. The lowest BCUT2D eigenvalue weighted by Crippen LogP contribution is -2.22. The van der Waals surface area contributed by atoms with Crippen molar-refractivity contribution in [3.05, 3.63) is 70.5 Å². The Morgan fingerprint density at radius 3 is 2.84 bits per heavy atom. The molecule has 0 spiro atoms. The van der Waals surface area contributed by atoms with Crippen molar-refractivity contribution in [3.63, 3.8) is 0 Å². The van der Waals surface area contributed by atoms with Gasteiger partial charge >= 0.3 is 0 Å². The van der Waals surface area contributed by atoms with Crippen LogP contribution < -0.4 is 10.3 Å². The third kappa shape index (κ3) is 2.29. The molecular formula is C19H16FN3O2. The molecule has 0 aliphatic rings. The summed E-state index contributed by atoms with van der Waals surface area (Å²) in [4.78, 5) is 17.2. The Bertz CT molecular complexity index is 1160. The third-order valence-corrected chi connectivity index (χ3v) is 4.27. The van der Waals surface area contributed by atoms with Crippen molar-refractivity contribution in [3.8, 4) is 11.4 Å². The van der Waals surface area contributed by atoms with Gasteiger partial charge in [-0.25, -0.2) is 9.37 Å². The molecule has 0 aliphatic heterocycles. The summed E-state index contributed by atoms with van der Waals surface area (Å²) in [5.74, 6) is 0.290. The number of fused-ring (bicyclic) bond motifs is 3. The molecule has 0 fully saturated rings. The fourth-order valence-electron chi connectivity index (χ4n) is 3.09. The second kappa shape index (κ2) is 5.73. The molecular weight excluding hydrogens is 321 g/mol. The highest BCUT2D eigenvalue weighted by atomic mass is 19.1. The van der Waals surface area contributed by atoms with Gasteiger partial charge in [-0.15, -0.1) is 0 Å². The molecule has 6 heteroatoms. The molecule has 4 aromatic rings. The van der Waals surface area contributed by atoms with Crippen LogP contribution in [0.15, 0.2) is 53.6 Å². The number of nitrogens with zero attached hydrogens (tertiary/aromatic N) is 3. The normalized spacial score (nSPS) is 11.3. The van der Waals surface area contributed by atoms with Gasteiger partial charge in [0.1, 0.15) is 11.6 Å². The SMILES string of the molecule is CCOc1ccc2c(c1)n(-c1cccc(F)c1C)c(=O)c1nccn12. The minimum absolute atomic E-state index is 0.292. The Labute approximate surface area is 142 Å². The molecule has 2 aromatic heterocycles. The first kappa shape index (κ1) is 15.4. The minimum Gasteiger partial charge on any atom is -0.494 e. The standard InChI is InChI=1S/C19H16FN3O2/c1-3-25-13-7-8-16-17(11-13)23(15-6-4-5-14(20)12(15)2)19(24)18-21-9-10-22(16)18/h4-11H,3H2,1-2H3. The molecule has 0 saturated carbocycles. The lowest BCUT2D eigenvalue weighted by molar-refractivity contribution is 0.340. The predicted octanol–water partition coefficient (Wildman–Crippen LogP) is 3.48. The minimum atomic E-state index is -0.360. The van der Waals surface area contributed by atoms with Gasteiger partial charge in [0.25, 0.3) is 5.56 Å². The monoisotopic (exact) mass is 337 g/mol. The summed E-state index contributed by atoms with van der Waals surface area (Å²) in [6.07, 6.45) is 3.32. The van der Waals surface area contributed by atoms with E-state index in [1.165, 1.54) is 10.6 Å². The topological polar surface area (TPSA) is 48.5 Å².